The lowest BCUT2D eigenvalue weighted by molar-refractivity contribution is 0.0745. The van der Waals surface area contributed by atoms with E-state index in [9.17, 15) is 8.78 Å². The molecule has 0 bridgehead atoms. The van der Waals surface area contributed by atoms with Crippen molar-refractivity contribution >= 4 is 0 Å². The summed E-state index contributed by atoms with van der Waals surface area (Å²) in [5.74, 6) is 0. The van der Waals surface area contributed by atoms with Crippen molar-refractivity contribution in [3.63, 3.8) is 0 Å². The zero-order valence-corrected chi connectivity index (χ0v) is 5.73. The van der Waals surface area contributed by atoms with Crippen molar-refractivity contribution in [2.24, 2.45) is 0 Å². The van der Waals surface area contributed by atoms with Gasteiger partial charge in [-0.1, -0.05) is 0 Å². The Kier molecular flexibility index (Phi) is 4.58. The van der Waals surface area contributed by atoms with Crippen LogP contribution in [0.5, 0.6) is 0 Å². The second kappa shape index (κ2) is 4.68. The molecule has 0 spiro atoms. The van der Waals surface area contributed by atoms with Gasteiger partial charge in [0.15, 0.2) is 0 Å². The Morgan fingerprint density at radius 3 is 2.22 bits per heavy atom. The summed E-state index contributed by atoms with van der Waals surface area (Å²) in [7, 11) is 1.52. The van der Waals surface area contributed by atoms with Gasteiger partial charge in [-0.2, -0.15) is 0 Å². The van der Waals surface area contributed by atoms with Crippen molar-refractivity contribution < 1.29 is 13.5 Å². The van der Waals surface area contributed by atoms with E-state index < -0.39 is 6.43 Å². The first-order chi connectivity index (χ1) is 4.16. The predicted octanol–water partition coefficient (Wildman–Crippen LogP) is 2.07. The molecule has 9 heavy (non-hydrogen) atoms. The molecule has 0 rings (SSSR count). The summed E-state index contributed by atoms with van der Waals surface area (Å²) >= 11 is 0. The number of alkyl halides is 2. The molecule has 0 aromatic carbocycles. The highest BCUT2D eigenvalue weighted by atomic mass is 19.3. The molecule has 3 heteroatoms. The Bertz CT molecular complexity index is 66.1. The fourth-order valence-corrected chi connectivity index (χ4v) is 0.479. The van der Waals surface area contributed by atoms with Gasteiger partial charge in [0.05, 0.1) is 6.10 Å². The van der Waals surface area contributed by atoms with Gasteiger partial charge in [-0.15, -0.1) is 0 Å². The van der Waals surface area contributed by atoms with E-state index in [4.69, 9.17) is 4.74 Å². The lowest BCUT2D eigenvalue weighted by Gasteiger charge is -2.06. The van der Waals surface area contributed by atoms with Crippen LogP contribution in [-0.2, 0) is 4.74 Å². The molecule has 1 nitrogen and oxygen atoms in total. The van der Waals surface area contributed by atoms with Crippen molar-refractivity contribution in [2.45, 2.75) is 32.3 Å². The van der Waals surface area contributed by atoms with Crippen LogP contribution in [-0.4, -0.2) is 19.6 Å². The third kappa shape index (κ3) is 5.69. The molecule has 0 amide bonds. The van der Waals surface area contributed by atoms with Gasteiger partial charge in [-0.05, 0) is 13.3 Å². The first kappa shape index (κ1) is 8.82. The summed E-state index contributed by atoms with van der Waals surface area (Å²) in [5.41, 5.74) is 0. The Balaban J connectivity index is 3.06. The first-order valence-corrected chi connectivity index (χ1v) is 2.97. The van der Waals surface area contributed by atoms with E-state index in [2.05, 4.69) is 0 Å². The Morgan fingerprint density at radius 1 is 1.33 bits per heavy atom. The largest absolute Gasteiger partial charge is 0.382 e. The van der Waals surface area contributed by atoms with Gasteiger partial charge in [0.1, 0.15) is 0 Å². The van der Waals surface area contributed by atoms with E-state index >= 15 is 0 Å². The SMILES string of the molecule is COC(C)CCC(F)F. The lowest BCUT2D eigenvalue weighted by Crippen LogP contribution is -2.06. The van der Waals surface area contributed by atoms with Gasteiger partial charge < -0.3 is 4.74 Å². The van der Waals surface area contributed by atoms with E-state index in [1.165, 1.54) is 7.11 Å². The predicted molar refractivity (Wildman–Crippen MR) is 31.7 cm³/mol. The number of methoxy groups -OCH3 is 1. The van der Waals surface area contributed by atoms with E-state index in [-0.39, 0.29) is 12.5 Å². The van der Waals surface area contributed by atoms with Gasteiger partial charge in [-0.25, -0.2) is 8.78 Å². The quantitative estimate of drug-likeness (QED) is 0.577. The second-order valence-corrected chi connectivity index (χ2v) is 2.01. The van der Waals surface area contributed by atoms with Crippen LogP contribution in [0.15, 0.2) is 0 Å². The van der Waals surface area contributed by atoms with Crippen LogP contribution in [0, 0.1) is 0 Å². The fraction of sp³-hybridized carbons (Fsp3) is 1.00. The molecule has 0 aliphatic heterocycles. The van der Waals surface area contributed by atoms with Gasteiger partial charge in [-0.3, -0.25) is 0 Å². The minimum atomic E-state index is -2.19. The maximum absolute atomic E-state index is 11.5. The molecule has 56 valence electrons. The Morgan fingerprint density at radius 2 is 1.89 bits per heavy atom. The van der Waals surface area contributed by atoms with Crippen molar-refractivity contribution in [3.05, 3.63) is 0 Å². The first-order valence-electron chi connectivity index (χ1n) is 2.97. The highest BCUT2D eigenvalue weighted by Crippen LogP contribution is 2.06. The third-order valence-corrected chi connectivity index (χ3v) is 1.19. The van der Waals surface area contributed by atoms with Gasteiger partial charge in [0, 0.05) is 13.5 Å². The van der Waals surface area contributed by atoms with Crippen LogP contribution in [0.3, 0.4) is 0 Å². The third-order valence-electron chi connectivity index (χ3n) is 1.19. The zero-order valence-electron chi connectivity index (χ0n) is 5.73. The van der Waals surface area contributed by atoms with Crippen LogP contribution in [0.1, 0.15) is 19.8 Å². The van der Waals surface area contributed by atoms with Crippen molar-refractivity contribution in [1.29, 1.82) is 0 Å². The summed E-state index contributed by atoms with van der Waals surface area (Å²) in [6.07, 6.45) is -1.86. The highest BCUT2D eigenvalue weighted by molar-refractivity contribution is 4.50. The molecular formula is C6H12F2O. The topological polar surface area (TPSA) is 9.23 Å². The molecule has 0 heterocycles. The van der Waals surface area contributed by atoms with Crippen molar-refractivity contribution in [1.82, 2.24) is 0 Å². The summed E-state index contributed by atoms with van der Waals surface area (Å²) in [6, 6.07) is 0. The standard InChI is InChI=1S/C6H12F2O/c1-5(9-2)3-4-6(7)8/h5-6H,3-4H2,1-2H3. The molecule has 0 aliphatic rings. The van der Waals surface area contributed by atoms with Gasteiger partial charge >= 0.3 is 0 Å². The number of rotatable bonds is 4. The molecule has 1 unspecified atom stereocenters. The maximum atomic E-state index is 11.5. The van der Waals surface area contributed by atoms with E-state index in [1.807, 2.05) is 0 Å². The summed E-state index contributed by atoms with van der Waals surface area (Å²) in [4.78, 5) is 0. The molecule has 0 radical (unpaired) electrons. The van der Waals surface area contributed by atoms with Crippen LogP contribution in [0.2, 0.25) is 0 Å². The molecule has 1 atom stereocenters. The van der Waals surface area contributed by atoms with Gasteiger partial charge in [0.25, 0.3) is 0 Å². The van der Waals surface area contributed by atoms with Crippen LogP contribution >= 0.6 is 0 Å². The Hall–Kier alpha value is -0.180. The second-order valence-electron chi connectivity index (χ2n) is 2.01. The summed E-state index contributed by atoms with van der Waals surface area (Å²) < 4.78 is 27.7. The van der Waals surface area contributed by atoms with Crippen LogP contribution in [0.25, 0.3) is 0 Å². The fourth-order valence-electron chi connectivity index (χ4n) is 0.479. The van der Waals surface area contributed by atoms with Gasteiger partial charge in [0.2, 0.25) is 6.43 Å². The summed E-state index contributed by atoms with van der Waals surface area (Å²) in [6.45, 7) is 1.78. The highest BCUT2D eigenvalue weighted by Gasteiger charge is 2.05. The van der Waals surface area contributed by atoms with E-state index in [0.29, 0.717) is 6.42 Å². The molecule has 0 fully saturated rings. The number of halogens is 2. The average Bonchev–Trinajstić information content (AvgIpc) is 1.83. The molecule has 0 N–H and O–H groups in total. The minimum Gasteiger partial charge on any atom is -0.382 e. The monoisotopic (exact) mass is 138 g/mol. The van der Waals surface area contributed by atoms with E-state index in [1.54, 1.807) is 6.92 Å². The molecular weight excluding hydrogens is 126 g/mol. The van der Waals surface area contributed by atoms with Crippen molar-refractivity contribution in [3.8, 4) is 0 Å². The van der Waals surface area contributed by atoms with E-state index in [0.717, 1.165) is 0 Å². The van der Waals surface area contributed by atoms with Crippen LogP contribution < -0.4 is 0 Å². The molecule has 0 aliphatic carbocycles. The summed E-state index contributed by atoms with van der Waals surface area (Å²) in [5, 5.41) is 0. The lowest BCUT2D eigenvalue weighted by atomic mass is 10.2. The number of ether oxygens (including phenoxy) is 1. The molecule has 0 aromatic heterocycles. The average molecular weight is 138 g/mol. The van der Waals surface area contributed by atoms with Crippen LogP contribution in [0.4, 0.5) is 8.78 Å². The number of hydrogen-bond acceptors (Lipinski definition) is 1. The molecule has 0 saturated carbocycles. The van der Waals surface area contributed by atoms with Crippen molar-refractivity contribution in [2.75, 3.05) is 7.11 Å². The molecule has 0 aromatic rings. The normalized spacial score (nSPS) is 14.3. The Labute approximate surface area is 54.0 Å². The maximum Gasteiger partial charge on any atom is 0.238 e. The zero-order chi connectivity index (χ0) is 7.28. The molecule has 0 saturated heterocycles. The smallest absolute Gasteiger partial charge is 0.238 e. The number of hydrogen-bond donors (Lipinski definition) is 0. The minimum absolute atomic E-state index is 0.0426.